The van der Waals surface area contributed by atoms with Gasteiger partial charge in [-0.2, -0.15) is 0 Å². The minimum atomic E-state index is -0.539. The van der Waals surface area contributed by atoms with E-state index in [4.69, 9.17) is 15.0 Å². The monoisotopic (exact) mass is 264 g/mol. The lowest BCUT2D eigenvalue weighted by atomic mass is 10.2. The molecule has 1 rings (SSSR count). The maximum absolute atomic E-state index is 11.5. The van der Waals surface area contributed by atoms with Crippen LogP contribution in [0.15, 0.2) is 29.4 Å². The lowest BCUT2D eigenvalue weighted by molar-refractivity contribution is 0.0636. The molecule has 1 aromatic rings. The summed E-state index contributed by atoms with van der Waals surface area (Å²) in [6.07, 6.45) is -0.518. The second-order valence-corrected chi connectivity index (χ2v) is 4.66. The van der Waals surface area contributed by atoms with Gasteiger partial charge in [0.1, 0.15) is 11.4 Å². The van der Waals surface area contributed by atoms with Crippen molar-refractivity contribution in [2.45, 2.75) is 26.4 Å². The van der Waals surface area contributed by atoms with Crippen molar-refractivity contribution < 1.29 is 14.3 Å². The zero-order chi connectivity index (χ0) is 14.3. The van der Waals surface area contributed by atoms with Crippen LogP contribution in [0.4, 0.5) is 10.5 Å². The van der Waals surface area contributed by atoms with Gasteiger partial charge in [-0.05, 0) is 50.6 Å². The normalized spacial score (nSPS) is 10.3. The Morgan fingerprint density at radius 2 is 2.00 bits per heavy atom. The Bertz CT molecular complexity index is 473. The number of nitrogens with one attached hydrogen (secondary N) is 1. The van der Waals surface area contributed by atoms with Crippen molar-refractivity contribution in [1.29, 1.82) is 0 Å². The fourth-order valence-electron chi connectivity index (χ4n) is 1.19. The molecule has 0 atom stereocenters. The predicted octanol–water partition coefficient (Wildman–Crippen LogP) is 3.68. The minimum Gasteiger partial charge on any atom is -0.488 e. The Morgan fingerprint density at radius 3 is 2.53 bits per heavy atom. The average Bonchev–Trinajstić information content (AvgIpc) is 2.29. The van der Waals surface area contributed by atoms with E-state index in [-0.39, 0.29) is 6.73 Å². The van der Waals surface area contributed by atoms with E-state index in [9.17, 15) is 4.79 Å². The summed E-state index contributed by atoms with van der Waals surface area (Å²) in [5.74, 6) is 0.544. The number of nitrogens with zero attached hydrogens (tertiary/aromatic N) is 3. The zero-order valence-electron chi connectivity index (χ0n) is 11.1. The van der Waals surface area contributed by atoms with Gasteiger partial charge in [0.15, 0.2) is 6.73 Å². The highest BCUT2D eigenvalue weighted by Gasteiger charge is 2.15. The highest BCUT2D eigenvalue weighted by Crippen LogP contribution is 2.17. The number of carbonyl (C=O) groups is 1. The number of anilines is 1. The Hall–Kier alpha value is -2.40. The van der Waals surface area contributed by atoms with Crippen LogP contribution in [-0.2, 0) is 4.74 Å². The van der Waals surface area contributed by atoms with Crippen LogP contribution in [0.1, 0.15) is 20.8 Å². The van der Waals surface area contributed by atoms with E-state index in [1.807, 2.05) is 0 Å². The number of amides is 1. The molecule has 0 aliphatic carbocycles. The smallest absolute Gasteiger partial charge is 0.412 e. The molecular formula is C12H16N4O3. The molecule has 0 fully saturated rings. The quantitative estimate of drug-likeness (QED) is 0.510. The molecule has 0 heterocycles. The lowest BCUT2D eigenvalue weighted by Gasteiger charge is -2.19. The molecule has 0 unspecified atom stereocenters. The number of hydrogen-bond acceptors (Lipinski definition) is 4. The molecule has 0 aliphatic rings. The third-order valence-corrected chi connectivity index (χ3v) is 1.85. The molecule has 0 saturated heterocycles. The Balaban J connectivity index is 2.52. The summed E-state index contributed by atoms with van der Waals surface area (Å²) in [7, 11) is 0. The van der Waals surface area contributed by atoms with Gasteiger partial charge in [0.2, 0.25) is 0 Å². The van der Waals surface area contributed by atoms with Crippen molar-refractivity contribution in [3.8, 4) is 5.75 Å². The molecule has 7 nitrogen and oxygen atoms in total. The first-order valence-electron chi connectivity index (χ1n) is 5.64. The highest BCUT2D eigenvalue weighted by molar-refractivity contribution is 5.84. The number of azide groups is 1. The van der Waals surface area contributed by atoms with E-state index in [0.29, 0.717) is 11.4 Å². The van der Waals surface area contributed by atoms with Crippen LogP contribution >= 0.6 is 0 Å². The summed E-state index contributed by atoms with van der Waals surface area (Å²) in [6, 6.07) is 6.63. The van der Waals surface area contributed by atoms with Gasteiger partial charge in [0, 0.05) is 10.6 Å². The third-order valence-electron chi connectivity index (χ3n) is 1.85. The zero-order valence-corrected chi connectivity index (χ0v) is 11.1. The number of carbonyl (C=O) groups excluding carboxylic acids is 1. The summed E-state index contributed by atoms with van der Waals surface area (Å²) >= 11 is 0. The van der Waals surface area contributed by atoms with Crippen molar-refractivity contribution in [1.82, 2.24) is 0 Å². The third kappa shape index (κ3) is 6.18. The van der Waals surface area contributed by atoms with Crippen molar-refractivity contribution in [2.24, 2.45) is 5.11 Å². The molecule has 19 heavy (non-hydrogen) atoms. The van der Waals surface area contributed by atoms with E-state index >= 15 is 0 Å². The standard InChI is InChI=1S/C12H16N4O3/c1-12(2,3)19-11(17)15-9-4-6-10(7-5-9)18-8-14-16-13/h4-7H,8H2,1-3H3,(H,15,17). The van der Waals surface area contributed by atoms with Gasteiger partial charge in [-0.3, -0.25) is 5.32 Å². The number of ether oxygens (including phenoxy) is 2. The summed E-state index contributed by atoms with van der Waals surface area (Å²) < 4.78 is 10.2. The van der Waals surface area contributed by atoms with E-state index in [1.54, 1.807) is 45.0 Å². The first-order chi connectivity index (χ1) is 8.90. The van der Waals surface area contributed by atoms with Crippen LogP contribution in [0.2, 0.25) is 0 Å². The van der Waals surface area contributed by atoms with Crippen LogP contribution < -0.4 is 10.1 Å². The SMILES string of the molecule is CC(C)(C)OC(=O)Nc1ccc(OCN=[N+]=[N-])cc1. The maximum Gasteiger partial charge on any atom is 0.412 e. The van der Waals surface area contributed by atoms with Crippen molar-refractivity contribution in [3.05, 3.63) is 34.7 Å². The van der Waals surface area contributed by atoms with Crippen molar-refractivity contribution in [2.75, 3.05) is 12.0 Å². The fourth-order valence-corrected chi connectivity index (χ4v) is 1.19. The maximum atomic E-state index is 11.5. The highest BCUT2D eigenvalue weighted by atomic mass is 16.6. The van der Waals surface area contributed by atoms with Crippen LogP contribution in [0, 0.1) is 0 Å². The number of rotatable bonds is 4. The molecule has 1 amide bonds. The van der Waals surface area contributed by atoms with Gasteiger partial charge in [0.25, 0.3) is 0 Å². The summed E-state index contributed by atoms with van der Waals surface area (Å²) in [4.78, 5) is 14.1. The molecule has 1 N–H and O–H groups in total. The Morgan fingerprint density at radius 1 is 1.37 bits per heavy atom. The Kier molecular flexibility index (Phi) is 5.02. The molecule has 1 aromatic carbocycles. The summed E-state index contributed by atoms with van der Waals surface area (Å²) in [6.45, 7) is 5.30. The lowest BCUT2D eigenvalue weighted by Crippen LogP contribution is -2.27. The minimum absolute atomic E-state index is 0.0741. The molecule has 102 valence electrons. The fraction of sp³-hybridized carbons (Fsp3) is 0.417. The first-order valence-corrected chi connectivity index (χ1v) is 5.64. The largest absolute Gasteiger partial charge is 0.488 e. The molecular weight excluding hydrogens is 248 g/mol. The molecule has 0 aromatic heterocycles. The van der Waals surface area contributed by atoms with Gasteiger partial charge in [-0.15, -0.1) is 0 Å². The molecule has 0 spiro atoms. The molecule has 0 saturated carbocycles. The summed E-state index contributed by atoms with van der Waals surface area (Å²) in [5.41, 5.74) is 8.15. The van der Waals surface area contributed by atoms with Gasteiger partial charge in [-0.1, -0.05) is 5.11 Å². The van der Waals surface area contributed by atoms with E-state index < -0.39 is 11.7 Å². The van der Waals surface area contributed by atoms with E-state index in [2.05, 4.69) is 15.3 Å². The molecule has 0 aliphatic heterocycles. The number of benzene rings is 1. The van der Waals surface area contributed by atoms with E-state index in [1.165, 1.54) is 0 Å². The van der Waals surface area contributed by atoms with Crippen LogP contribution in [0.25, 0.3) is 10.4 Å². The first kappa shape index (κ1) is 14.7. The second-order valence-electron chi connectivity index (χ2n) is 4.66. The molecule has 0 radical (unpaired) electrons. The topological polar surface area (TPSA) is 96.3 Å². The molecule has 7 heteroatoms. The van der Waals surface area contributed by atoms with Crippen molar-refractivity contribution >= 4 is 11.8 Å². The molecule has 0 bridgehead atoms. The summed E-state index contributed by atoms with van der Waals surface area (Å²) in [5, 5.41) is 5.84. The van der Waals surface area contributed by atoms with E-state index in [0.717, 1.165) is 0 Å². The average molecular weight is 264 g/mol. The number of hydrogen-bond donors (Lipinski definition) is 1. The predicted molar refractivity (Wildman–Crippen MR) is 70.9 cm³/mol. The van der Waals surface area contributed by atoms with Gasteiger partial charge in [0.05, 0.1) is 0 Å². The van der Waals surface area contributed by atoms with Gasteiger partial charge < -0.3 is 9.47 Å². The van der Waals surface area contributed by atoms with Crippen LogP contribution in [0.3, 0.4) is 0 Å². The van der Waals surface area contributed by atoms with Gasteiger partial charge in [-0.25, -0.2) is 4.79 Å². The van der Waals surface area contributed by atoms with Crippen LogP contribution in [-0.4, -0.2) is 18.4 Å². The Labute approximate surface area is 111 Å². The van der Waals surface area contributed by atoms with Crippen molar-refractivity contribution in [3.63, 3.8) is 0 Å². The van der Waals surface area contributed by atoms with Crippen LogP contribution in [0.5, 0.6) is 5.75 Å². The second kappa shape index (κ2) is 6.51. The van der Waals surface area contributed by atoms with Gasteiger partial charge >= 0.3 is 6.09 Å².